The number of ether oxygens (including phenoxy) is 1. The van der Waals surface area contributed by atoms with Gasteiger partial charge in [0.05, 0.1) is 25.4 Å². The van der Waals surface area contributed by atoms with Crippen LogP contribution in [-0.2, 0) is 0 Å². The van der Waals surface area contributed by atoms with Gasteiger partial charge in [0.2, 0.25) is 0 Å². The molecule has 7 heteroatoms. The molecule has 1 saturated heterocycles. The summed E-state index contributed by atoms with van der Waals surface area (Å²) < 4.78 is 7.32. The van der Waals surface area contributed by atoms with Crippen LogP contribution in [0.15, 0.2) is 30.5 Å². The van der Waals surface area contributed by atoms with E-state index in [1.165, 1.54) is 0 Å². The van der Waals surface area contributed by atoms with Gasteiger partial charge in [0.25, 0.3) is 5.91 Å². The van der Waals surface area contributed by atoms with E-state index >= 15 is 0 Å². The molecule has 1 fully saturated rings. The Kier molecular flexibility index (Phi) is 6.45. The van der Waals surface area contributed by atoms with Gasteiger partial charge in [-0.15, -0.1) is 5.10 Å². The minimum absolute atomic E-state index is 0.141. The lowest BCUT2D eigenvalue weighted by molar-refractivity contribution is 0.0926. The first kappa shape index (κ1) is 19.4. The van der Waals surface area contributed by atoms with Crippen LogP contribution in [0, 0.1) is 5.92 Å². The fraction of sp³-hybridized carbons (Fsp3) is 0.550. The molecular formula is C20H29N5O2. The third-order valence-corrected chi connectivity index (χ3v) is 4.95. The molecule has 3 rings (SSSR count). The number of rotatable bonds is 7. The van der Waals surface area contributed by atoms with Crippen LogP contribution in [-0.4, -0.2) is 41.1 Å². The van der Waals surface area contributed by atoms with E-state index in [9.17, 15) is 4.79 Å². The summed E-state index contributed by atoms with van der Waals surface area (Å²) in [5, 5.41) is 14.8. The van der Waals surface area contributed by atoms with E-state index in [2.05, 4.69) is 34.8 Å². The monoisotopic (exact) mass is 371 g/mol. The quantitative estimate of drug-likeness (QED) is 0.782. The molecule has 1 aliphatic rings. The van der Waals surface area contributed by atoms with Gasteiger partial charge in [0.1, 0.15) is 5.75 Å². The topological polar surface area (TPSA) is 81.1 Å². The van der Waals surface area contributed by atoms with E-state index in [-0.39, 0.29) is 11.9 Å². The lowest BCUT2D eigenvalue weighted by atomic mass is 9.96. The summed E-state index contributed by atoms with van der Waals surface area (Å²) in [6, 6.07) is 7.98. The van der Waals surface area contributed by atoms with Crippen molar-refractivity contribution < 1.29 is 9.53 Å². The average Bonchev–Trinajstić information content (AvgIpc) is 3.18. The van der Waals surface area contributed by atoms with E-state index < -0.39 is 0 Å². The van der Waals surface area contributed by atoms with Crippen LogP contribution >= 0.6 is 0 Å². The lowest BCUT2D eigenvalue weighted by Gasteiger charge is -2.23. The maximum Gasteiger partial charge on any atom is 0.273 e. The number of benzene rings is 1. The Hall–Kier alpha value is -2.41. The average molecular weight is 371 g/mol. The van der Waals surface area contributed by atoms with Crippen molar-refractivity contribution in [2.24, 2.45) is 5.92 Å². The Morgan fingerprint density at radius 2 is 2.07 bits per heavy atom. The van der Waals surface area contributed by atoms with Gasteiger partial charge in [-0.3, -0.25) is 4.79 Å². The first-order chi connectivity index (χ1) is 13.1. The fourth-order valence-electron chi connectivity index (χ4n) is 3.55. The summed E-state index contributed by atoms with van der Waals surface area (Å²) in [4.78, 5) is 12.8. The molecule has 0 radical (unpaired) electrons. The van der Waals surface area contributed by atoms with Crippen molar-refractivity contribution in [1.82, 2.24) is 25.6 Å². The molecule has 1 aromatic carbocycles. The highest BCUT2D eigenvalue weighted by atomic mass is 16.5. The fourth-order valence-corrected chi connectivity index (χ4v) is 3.55. The number of hydrogen-bond donors (Lipinski definition) is 2. The van der Waals surface area contributed by atoms with E-state index in [4.69, 9.17) is 4.74 Å². The van der Waals surface area contributed by atoms with Crippen LogP contribution in [0.2, 0.25) is 0 Å². The van der Waals surface area contributed by atoms with E-state index in [1.54, 1.807) is 13.3 Å². The normalized spacial score (nSPS) is 16.3. The summed E-state index contributed by atoms with van der Waals surface area (Å²) in [6.45, 7) is 6.22. The number of hydrogen-bond acceptors (Lipinski definition) is 5. The van der Waals surface area contributed by atoms with Gasteiger partial charge in [-0.2, -0.15) is 0 Å². The molecule has 7 nitrogen and oxygen atoms in total. The van der Waals surface area contributed by atoms with Crippen LogP contribution in [0.5, 0.6) is 5.75 Å². The van der Waals surface area contributed by atoms with Crippen LogP contribution in [0.1, 0.15) is 61.2 Å². The van der Waals surface area contributed by atoms with Crippen LogP contribution < -0.4 is 15.4 Å². The molecule has 2 aromatic rings. The van der Waals surface area contributed by atoms with Crippen molar-refractivity contribution in [2.75, 3.05) is 20.2 Å². The second-order valence-electron chi connectivity index (χ2n) is 7.46. The van der Waals surface area contributed by atoms with E-state index in [1.807, 2.05) is 28.9 Å². The van der Waals surface area contributed by atoms with Crippen molar-refractivity contribution in [3.8, 4) is 5.75 Å². The highest BCUT2D eigenvalue weighted by Gasteiger charge is 2.23. The van der Waals surface area contributed by atoms with Gasteiger partial charge >= 0.3 is 0 Å². The number of carbonyl (C=O) groups is 1. The zero-order valence-corrected chi connectivity index (χ0v) is 16.3. The van der Waals surface area contributed by atoms with Gasteiger partial charge in [-0.1, -0.05) is 37.3 Å². The number of carbonyl (C=O) groups excluding carboxylic acids is 1. The van der Waals surface area contributed by atoms with Gasteiger partial charge in [-0.05, 0) is 44.3 Å². The lowest BCUT2D eigenvalue weighted by Crippen LogP contribution is -2.30. The highest BCUT2D eigenvalue weighted by molar-refractivity contribution is 5.92. The van der Waals surface area contributed by atoms with Crippen molar-refractivity contribution in [2.45, 2.75) is 45.2 Å². The van der Waals surface area contributed by atoms with Gasteiger partial charge in [-0.25, -0.2) is 4.68 Å². The maximum absolute atomic E-state index is 12.8. The minimum atomic E-state index is -0.202. The zero-order chi connectivity index (χ0) is 19.2. The molecule has 1 aromatic heterocycles. The number of amides is 1. The predicted molar refractivity (Wildman–Crippen MR) is 104 cm³/mol. The second kappa shape index (κ2) is 8.99. The summed E-state index contributed by atoms with van der Waals surface area (Å²) in [6.07, 6.45) is 4.58. The molecule has 27 heavy (non-hydrogen) atoms. The molecule has 0 spiro atoms. The highest BCUT2D eigenvalue weighted by Crippen LogP contribution is 2.29. The molecular weight excluding hydrogens is 342 g/mol. The number of aromatic nitrogens is 3. The van der Waals surface area contributed by atoms with Crippen molar-refractivity contribution in [3.63, 3.8) is 0 Å². The predicted octanol–water partition coefficient (Wildman–Crippen LogP) is 2.73. The SMILES string of the molecule is COc1ccccc1C(CC(C)C)NC(=O)c1cn(C2CCNCC2)nn1. The number of nitrogens with one attached hydrogen (secondary N) is 2. The molecule has 1 atom stereocenters. The third-order valence-electron chi connectivity index (χ3n) is 4.95. The molecule has 146 valence electrons. The van der Waals surface area contributed by atoms with Gasteiger partial charge in [0, 0.05) is 5.56 Å². The number of piperidine rings is 1. The third kappa shape index (κ3) is 4.86. The van der Waals surface area contributed by atoms with Crippen molar-refractivity contribution >= 4 is 5.91 Å². The van der Waals surface area contributed by atoms with Gasteiger partial charge < -0.3 is 15.4 Å². The maximum atomic E-state index is 12.8. The summed E-state index contributed by atoms with van der Waals surface area (Å²) >= 11 is 0. The standard InChI is InChI=1S/C20H29N5O2/c1-14(2)12-17(16-6-4-5-7-19(16)27-3)22-20(26)18-13-25(24-23-18)15-8-10-21-11-9-15/h4-7,13-15,17,21H,8-12H2,1-3H3,(H,22,26). The Morgan fingerprint density at radius 3 is 2.78 bits per heavy atom. The summed E-state index contributed by atoms with van der Waals surface area (Å²) in [5.74, 6) is 0.999. The first-order valence-corrected chi connectivity index (χ1v) is 9.64. The van der Waals surface area contributed by atoms with Gasteiger partial charge in [0.15, 0.2) is 5.69 Å². The number of nitrogens with zero attached hydrogens (tertiary/aromatic N) is 3. The van der Waals surface area contributed by atoms with Crippen LogP contribution in [0.4, 0.5) is 0 Å². The molecule has 0 bridgehead atoms. The van der Waals surface area contributed by atoms with Crippen molar-refractivity contribution in [1.29, 1.82) is 0 Å². The van der Waals surface area contributed by atoms with Crippen LogP contribution in [0.25, 0.3) is 0 Å². The van der Waals surface area contributed by atoms with Crippen LogP contribution in [0.3, 0.4) is 0 Å². The molecule has 1 amide bonds. The molecule has 0 aliphatic carbocycles. The molecule has 0 saturated carbocycles. The molecule has 2 N–H and O–H groups in total. The largest absolute Gasteiger partial charge is 0.496 e. The summed E-state index contributed by atoms with van der Waals surface area (Å²) in [5.41, 5.74) is 1.34. The van der Waals surface area contributed by atoms with Crippen molar-refractivity contribution in [3.05, 3.63) is 41.7 Å². The number of methoxy groups -OCH3 is 1. The molecule has 1 aliphatic heterocycles. The second-order valence-corrected chi connectivity index (χ2v) is 7.46. The van der Waals surface area contributed by atoms with E-state index in [0.29, 0.717) is 17.7 Å². The number of para-hydroxylation sites is 1. The Bertz CT molecular complexity index is 752. The summed E-state index contributed by atoms with van der Waals surface area (Å²) in [7, 11) is 1.65. The Morgan fingerprint density at radius 1 is 1.33 bits per heavy atom. The first-order valence-electron chi connectivity index (χ1n) is 9.64. The Labute approximate surface area is 160 Å². The Balaban J connectivity index is 1.75. The molecule has 2 heterocycles. The van der Waals surface area contributed by atoms with E-state index in [0.717, 1.165) is 43.7 Å². The molecule has 1 unspecified atom stereocenters. The smallest absolute Gasteiger partial charge is 0.273 e. The minimum Gasteiger partial charge on any atom is -0.496 e. The zero-order valence-electron chi connectivity index (χ0n) is 16.3.